The summed E-state index contributed by atoms with van der Waals surface area (Å²) in [5.74, 6) is -1.87. The fourth-order valence-electron chi connectivity index (χ4n) is 6.10. The van der Waals surface area contributed by atoms with Gasteiger partial charge in [0.1, 0.15) is 11.3 Å². The number of methoxy groups -OCH3 is 1. The Morgan fingerprint density at radius 1 is 1.07 bits per heavy atom. The summed E-state index contributed by atoms with van der Waals surface area (Å²) < 4.78 is 16.7. The van der Waals surface area contributed by atoms with Gasteiger partial charge in [0, 0.05) is 56.6 Å². The van der Waals surface area contributed by atoms with E-state index in [1.54, 1.807) is 19.1 Å². The van der Waals surface area contributed by atoms with Gasteiger partial charge in [-0.25, -0.2) is 0 Å². The quantitative estimate of drug-likeness (QED) is 0.224. The molecule has 0 spiro atoms. The van der Waals surface area contributed by atoms with Crippen molar-refractivity contribution in [2.24, 2.45) is 11.8 Å². The predicted octanol–water partition coefficient (Wildman–Crippen LogP) is 3.65. The number of rotatable bonds is 11. The highest BCUT2D eigenvalue weighted by Crippen LogP contribution is 2.32. The van der Waals surface area contributed by atoms with Gasteiger partial charge in [0.25, 0.3) is 6.01 Å². The van der Waals surface area contributed by atoms with Gasteiger partial charge in [0.2, 0.25) is 5.91 Å². The van der Waals surface area contributed by atoms with Crippen molar-refractivity contribution in [2.45, 2.75) is 12.5 Å². The summed E-state index contributed by atoms with van der Waals surface area (Å²) in [6.45, 7) is 2.77. The molecule has 0 bridgehead atoms. The van der Waals surface area contributed by atoms with Gasteiger partial charge >= 0.3 is 5.97 Å². The van der Waals surface area contributed by atoms with Crippen LogP contribution in [0.5, 0.6) is 5.75 Å². The molecule has 2 saturated heterocycles. The van der Waals surface area contributed by atoms with E-state index in [4.69, 9.17) is 13.9 Å². The summed E-state index contributed by atoms with van der Waals surface area (Å²) in [6, 6.07) is 20.0. The smallest absolute Gasteiger partial charge is 0.308 e. The first-order valence-electron chi connectivity index (χ1n) is 15.3. The Morgan fingerprint density at radius 2 is 1.83 bits per heavy atom. The molecule has 0 aliphatic carbocycles. The number of Topliss-reactive ketones (excluding diaryl/α,β-unsaturated/α-hetero) is 1. The molecule has 12 nitrogen and oxygen atoms in total. The molecule has 240 valence electrons. The molecule has 2 aliphatic rings. The standard InChI is InChI=1S/C34H37N5O7/c1-38(30(40)17-21-6-11-28-29(16-21)46-34(37-28)36-23-4-3-5-25(18-23)44-2)24-9-7-22(8-10-24)31(39-12-14-45-15-13-39)32(41)26-19-35-20-27(26)33(42)43/h3-11,16,18,26-27,31,35H,12-15,17,19-20H2,1-2H3,(H,36,37)(H,42,43). The maximum Gasteiger partial charge on any atom is 0.308 e. The van der Waals surface area contributed by atoms with Gasteiger partial charge in [-0.15, -0.1) is 0 Å². The zero-order valence-corrected chi connectivity index (χ0v) is 25.8. The Bertz CT molecular complexity index is 1720. The number of benzene rings is 3. The number of carbonyl (C=O) groups excluding carboxylic acids is 2. The fourth-order valence-corrected chi connectivity index (χ4v) is 6.10. The van der Waals surface area contributed by atoms with Crippen molar-refractivity contribution < 1.29 is 33.4 Å². The highest BCUT2D eigenvalue weighted by Gasteiger charge is 2.42. The molecule has 0 radical (unpaired) electrons. The third-order valence-corrected chi connectivity index (χ3v) is 8.68. The van der Waals surface area contributed by atoms with Crippen LogP contribution in [0.1, 0.15) is 17.2 Å². The molecule has 3 aromatic carbocycles. The van der Waals surface area contributed by atoms with E-state index in [1.165, 1.54) is 0 Å². The monoisotopic (exact) mass is 627 g/mol. The van der Waals surface area contributed by atoms with Crippen LogP contribution in [0.4, 0.5) is 17.4 Å². The van der Waals surface area contributed by atoms with Crippen molar-refractivity contribution in [1.82, 2.24) is 15.2 Å². The van der Waals surface area contributed by atoms with Gasteiger partial charge in [-0.05, 0) is 47.5 Å². The number of aromatic nitrogens is 1. The van der Waals surface area contributed by atoms with Crippen LogP contribution < -0.4 is 20.3 Å². The number of fused-ring (bicyclic) bond motifs is 1. The minimum absolute atomic E-state index is 0.110. The second-order valence-corrected chi connectivity index (χ2v) is 11.6. The molecule has 1 amide bonds. The molecule has 3 N–H and O–H groups in total. The molecule has 1 aromatic heterocycles. The third kappa shape index (κ3) is 6.74. The average molecular weight is 628 g/mol. The number of carboxylic acid groups (broad SMARTS) is 1. The zero-order chi connectivity index (χ0) is 32.2. The van der Waals surface area contributed by atoms with Crippen LogP contribution in [0.25, 0.3) is 11.1 Å². The summed E-state index contributed by atoms with van der Waals surface area (Å²) in [4.78, 5) is 47.1. The maximum atomic E-state index is 13.8. The van der Waals surface area contributed by atoms with E-state index in [-0.39, 0.29) is 24.7 Å². The highest BCUT2D eigenvalue weighted by molar-refractivity contribution is 5.95. The molecular weight excluding hydrogens is 590 g/mol. The van der Waals surface area contributed by atoms with Gasteiger partial charge in [-0.3, -0.25) is 19.3 Å². The molecule has 6 rings (SSSR count). The number of nitrogens with zero attached hydrogens (tertiary/aromatic N) is 3. The van der Waals surface area contributed by atoms with Crippen LogP contribution in [0, 0.1) is 11.8 Å². The van der Waals surface area contributed by atoms with E-state index < -0.39 is 23.8 Å². The highest BCUT2D eigenvalue weighted by atomic mass is 16.5. The molecule has 2 aliphatic heterocycles. The zero-order valence-electron chi connectivity index (χ0n) is 25.8. The summed E-state index contributed by atoms with van der Waals surface area (Å²) in [5.41, 5.74) is 4.22. The number of aliphatic carboxylic acids is 1. The molecular formula is C34H37N5O7. The van der Waals surface area contributed by atoms with Gasteiger partial charge in [-0.1, -0.05) is 24.3 Å². The molecule has 3 heterocycles. The number of carboxylic acids is 1. The Labute approximate surface area is 266 Å². The molecule has 46 heavy (non-hydrogen) atoms. The van der Waals surface area contributed by atoms with E-state index in [0.29, 0.717) is 61.4 Å². The number of morpholine rings is 1. The van der Waals surface area contributed by atoms with Crippen LogP contribution in [0.15, 0.2) is 71.1 Å². The molecule has 4 aromatic rings. The Balaban J connectivity index is 1.14. The van der Waals surface area contributed by atoms with Gasteiger partial charge < -0.3 is 34.5 Å². The average Bonchev–Trinajstić information content (AvgIpc) is 3.73. The van der Waals surface area contributed by atoms with Crippen LogP contribution in [-0.4, -0.2) is 86.2 Å². The molecule has 2 fully saturated rings. The normalized spacial score (nSPS) is 19.1. The van der Waals surface area contributed by atoms with E-state index in [0.717, 1.165) is 16.8 Å². The van der Waals surface area contributed by atoms with Crippen molar-refractivity contribution in [3.8, 4) is 5.75 Å². The number of nitrogens with one attached hydrogen (secondary N) is 2. The van der Waals surface area contributed by atoms with Gasteiger partial charge in [0.15, 0.2) is 11.4 Å². The number of ketones is 1. The Morgan fingerprint density at radius 3 is 2.57 bits per heavy atom. The lowest BCUT2D eigenvalue weighted by atomic mass is 9.85. The molecule has 3 unspecified atom stereocenters. The third-order valence-electron chi connectivity index (χ3n) is 8.68. The van der Waals surface area contributed by atoms with Crippen LogP contribution >= 0.6 is 0 Å². The molecule has 3 atom stereocenters. The first-order valence-corrected chi connectivity index (χ1v) is 15.3. The lowest BCUT2D eigenvalue weighted by Crippen LogP contribution is -2.45. The second-order valence-electron chi connectivity index (χ2n) is 11.6. The van der Waals surface area contributed by atoms with Crippen LogP contribution in [-0.2, 0) is 25.5 Å². The Hall–Kier alpha value is -4.78. The minimum atomic E-state index is -0.965. The first-order chi connectivity index (χ1) is 22.3. The van der Waals surface area contributed by atoms with Crippen molar-refractivity contribution in [1.29, 1.82) is 0 Å². The van der Waals surface area contributed by atoms with Crippen molar-refractivity contribution in [3.05, 3.63) is 77.9 Å². The first kappa shape index (κ1) is 31.2. The van der Waals surface area contributed by atoms with Crippen LogP contribution in [0.2, 0.25) is 0 Å². The van der Waals surface area contributed by atoms with Crippen LogP contribution in [0.3, 0.4) is 0 Å². The molecule has 12 heteroatoms. The number of ether oxygens (including phenoxy) is 2. The van der Waals surface area contributed by atoms with E-state index >= 15 is 0 Å². The Kier molecular flexibility index (Phi) is 9.29. The number of oxazole rings is 1. The second kappa shape index (κ2) is 13.7. The van der Waals surface area contributed by atoms with E-state index in [1.807, 2.05) is 66.7 Å². The number of carbonyl (C=O) groups is 3. The van der Waals surface area contributed by atoms with Gasteiger partial charge in [-0.2, -0.15) is 4.98 Å². The van der Waals surface area contributed by atoms with Crippen molar-refractivity contribution in [3.63, 3.8) is 0 Å². The SMILES string of the molecule is COc1cccc(Nc2nc3ccc(CC(=O)N(C)c4ccc(C(C(=O)C5CNCC5C(=O)O)N5CCOCC5)cc4)cc3o2)c1. The predicted molar refractivity (Wildman–Crippen MR) is 171 cm³/mol. The lowest BCUT2D eigenvalue weighted by Gasteiger charge is -2.35. The molecule has 0 saturated carbocycles. The fraction of sp³-hybridized carbons (Fsp3) is 0.353. The topological polar surface area (TPSA) is 146 Å². The van der Waals surface area contributed by atoms with E-state index in [2.05, 4.69) is 20.5 Å². The van der Waals surface area contributed by atoms with Gasteiger partial charge in [0.05, 0.1) is 38.7 Å². The summed E-state index contributed by atoms with van der Waals surface area (Å²) >= 11 is 0. The number of amides is 1. The number of anilines is 3. The number of hydrogen-bond donors (Lipinski definition) is 3. The van der Waals surface area contributed by atoms with Crippen molar-refractivity contribution >= 4 is 46.1 Å². The summed E-state index contributed by atoms with van der Waals surface area (Å²) in [7, 11) is 3.32. The lowest BCUT2D eigenvalue weighted by molar-refractivity contribution is -0.146. The summed E-state index contributed by atoms with van der Waals surface area (Å²) in [6.07, 6.45) is 0.147. The van der Waals surface area contributed by atoms with E-state index in [9.17, 15) is 19.5 Å². The summed E-state index contributed by atoms with van der Waals surface area (Å²) in [5, 5.41) is 15.9. The largest absolute Gasteiger partial charge is 0.497 e. The minimum Gasteiger partial charge on any atom is -0.497 e. The number of hydrogen-bond acceptors (Lipinski definition) is 10. The number of likely N-dealkylation sites (N-methyl/N-ethyl adjacent to an activating group) is 1. The maximum absolute atomic E-state index is 13.8. The van der Waals surface area contributed by atoms with Crippen molar-refractivity contribution in [2.75, 3.05) is 63.8 Å².